The van der Waals surface area contributed by atoms with E-state index in [1.807, 2.05) is 25.1 Å². The van der Waals surface area contributed by atoms with Gasteiger partial charge in [-0.15, -0.1) is 0 Å². The summed E-state index contributed by atoms with van der Waals surface area (Å²) < 4.78 is 0. The number of nitrogens with two attached hydrogens (primary N) is 1. The number of H-pyrrole nitrogens is 1. The molecule has 3 aromatic rings. The minimum Gasteiger partial charge on any atom is -0.384 e. The fourth-order valence-electron chi connectivity index (χ4n) is 1.92. The predicted octanol–water partition coefficient (Wildman–Crippen LogP) is 2.10. The predicted molar refractivity (Wildman–Crippen MR) is 78.0 cm³/mol. The Labute approximate surface area is 119 Å². The number of fused-ring (bicyclic) bond motifs is 1. The van der Waals surface area contributed by atoms with Gasteiger partial charge in [0, 0.05) is 10.5 Å². The zero-order valence-electron chi connectivity index (χ0n) is 10.7. The highest BCUT2D eigenvalue weighted by atomic mass is 32.2. The van der Waals surface area contributed by atoms with E-state index >= 15 is 0 Å². The first-order valence-corrected chi connectivity index (χ1v) is 6.74. The number of nitrogens with one attached hydrogen (secondary N) is 2. The van der Waals surface area contributed by atoms with E-state index in [0.29, 0.717) is 11.2 Å². The summed E-state index contributed by atoms with van der Waals surface area (Å²) in [7, 11) is 0. The highest BCUT2D eigenvalue weighted by molar-refractivity contribution is 7.99. The molecule has 0 bridgehead atoms. The number of benzene rings is 1. The first-order valence-electron chi connectivity index (χ1n) is 5.93. The number of imidazole rings is 1. The van der Waals surface area contributed by atoms with Crippen LogP contribution >= 0.6 is 11.8 Å². The van der Waals surface area contributed by atoms with E-state index in [1.165, 1.54) is 18.1 Å². The van der Waals surface area contributed by atoms with Crippen molar-refractivity contribution in [2.24, 2.45) is 5.73 Å². The molecule has 0 unspecified atom stereocenters. The van der Waals surface area contributed by atoms with Crippen molar-refractivity contribution >= 4 is 28.8 Å². The molecule has 0 aliphatic carbocycles. The normalized spacial score (nSPS) is 10.8. The minimum atomic E-state index is 0.0473. The van der Waals surface area contributed by atoms with E-state index in [1.54, 1.807) is 6.33 Å². The molecule has 20 heavy (non-hydrogen) atoms. The first-order chi connectivity index (χ1) is 9.66. The second-order valence-corrected chi connectivity index (χ2v) is 5.25. The van der Waals surface area contributed by atoms with Crippen molar-refractivity contribution in [1.29, 1.82) is 5.41 Å². The van der Waals surface area contributed by atoms with Gasteiger partial charge in [-0.25, -0.2) is 15.0 Å². The van der Waals surface area contributed by atoms with E-state index < -0.39 is 0 Å². The van der Waals surface area contributed by atoms with Gasteiger partial charge in [0.05, 0.1) is 6.33 Å². The van der Waals surface area contributed by atoms with Crippen LogP contribution in [0.25, 0.3) is 11.2 Å². The van der Waals surface area contributed by atoms with Crippen LogP contribution in [0.4, 0.5) is 0 Å². The van der Waals surface area contributed by atoms with Crippen molar-refractivity contribution in [3.8, 4) is 0 Å². The fourth-order valence-corrected chi connectivity index (χ4v) is 2.98. The van der Waals surface area contributed by atoms with Crippen LogP contribution in [0.5, 0.6) is 0 Å². The molecule has 2 aromatic heterocycles. The first kappa shape index (κ1) is 12.6. The standard InChI is InChI=1S/C13H12N6S/c1-7-3-2-4-8(11(14)15)10(7)20-13-9-12(17-5-16-9)18-6-19-13/h2-6H,1H3,(H3,14,15)(H,16,17,18,19). The van der Waals surface area contributed by atoms with Crippen LogP contribution in [0.15, 0.2) is 40.8 Å². The Balaban J connectivity index is 2.12. The molecule has 1 aromatic carbocycles. The van der Waals surface area contributed by atoms with Gasteiger partial charge in [-0.2, -0.15) is 0 Å². The largest absolute Gasteiger partial charge is 0.384 e. The molecule has 0 saturated heterocycles. The average Bonchev–Trinajstić information content (AvgIpc) is 2.90. The molecule has 7 heteroatoms. The highest BCUT2D eigenvalue weighted by Crippen LogP contribution is 2.34. The Bertz CT molecular complexity index is 794. The summed E-state index contributed by atoms with van der Waals surface area (Å²) in [5.41, 5.74) is 8.82. The summed E-state index contributed by atoms with van der Waals surface area (Å²) in [6.45, 7) is 1.99. The van der Waals surface area contributed by atoms with Crippen molar-refractivity contribution in [3.63, 3.8) is 0 Å². The van der Waals surface area contributed by atoms with Crippen LogP contribution < -0.4 is 5.73 Å². The molecule has 6 nitrogen and oxygen atoms in total. The van der Waals surface area contributed by atoms with Crippen LogP contribution in [0.1, 0.15) is 11.1 Å². The summed E-state index contributed by atoms with van der Waals surface area (Å²) in [4.78, 5) is 16.4. The van der Waals surface area contributed by atoms with Gasteiger partial charge in [0.25, 0.3) is 0 Å². The summed E-state index contributed by atoms with van der Waals surface area (Å²) in [5.74, 6) is 0.0473. The van der Waals surface area contributed by atoms with E-state index in [9.17, 15) is 0 Å². The van der Waals surface area contributed by atoms with E-state index in [0.717, 1.165) is 21.0 Å². The van der Waals surface area contributed by atoms with Crippen molar-refractivity contribution in [3.05, 3.63) is 42.0 Å². The lowest BCUT2D eigenvalue weighted by atomic mass is 10.1. The van der Waals surface area contributed by atoms with Gasteiger partial charge >= 0.3 is 0 Å². The molecule has 0 aliphatic heterocycles. The van der Waals surface area contributed by atoms with Gasteiger partial charge in [-0.3, -0.25) is 5.41 Å². The van der Waals surface area contributed by atoms with Crippen molar-refractivity contribution in [2.75, 3.05) is 0 Å². The Kier molecular flexibility index (Phi) is 3.11. The molecule has 0 amide bonds. The number of amidine groups is 1. The molecule has 0 aliphatic rings. The lowest BCUT2D eigenvalue weighted by Crippen LogP contribution is -2.12. The number of aromatic amines is 1. The summed E-state index contributed by atoms with van der Waals surface area (Å²) in [5, 5.41) is 8.45. The monoisotopic (exact) mass is 284 g/mol. The summed E-state index contributed by atoms with van der Waals surface area (Å²) >= 11 is 1.46. The molecule has 100 valence electrons. The number of rotatable bonds is 3. The molecule has 3 rings (SSSR count). The van der Waals surface area contributed by atoms with Crippen LogP contribution in [0.3, 0.4) is 0 Å². The zero-order chi connectivity index (χ0) is 14.1. The highest BCUT2D eigenvalue weighted by Gasteiger charge is 2.13. The second-order valence-electron chi connectivity index (χ2n) is 4.25. The molecule has 2 heterocycles. The van der Waals surface area contributed by atoms with Crippen LogP contribution in [-0.4, -0.2) is 25.8 Å². The molecular formula is C13H12N6S. The number of nitrogen functional groups attached to an aromatic ring is 1. The quantitative estimate of drug-likeness (QED) is 0.388. The van der Waals surface area contributed by atoms with E-state index in [2.05, 4.69) is 19.9 Å². The van der Waals surface area contributed by atoms with E-state index in [-0.39, 0.29) is 5.84 Å². The van der Waals surface area contributed by atoms with Crippen LogP contribution in [0.2, 0.25) is 0 Å². The number of aromatic nitrogens is 4. The van der Waals surface area contributed by atoms with Gasteiger partial charge in [-0.1, -0.05) is 30.0 Å². The molecule has 0 atom stereocenters. The third-order valence-corrected chi connectivity index (χ3v) is 4.14. The third kappa shape index (κ3) is 2.12. The number of hydrogen-bond donors (Lipinski definition) is 3. The lowest BCUT2D eigenvalue weighted by Gasteiger charge is -2.10. The van der Waals surface area contributed by atoms with Gasteiger partial charge in [0.2, 0.25) is 0 Å². The Morgan fingerprint density at radius 2 is 2.15 bits per heavy atom. The molecule has 0 radical (unpaired) electrons. The summed E-state index contributed by atoms with van der Waals surface area (Å²) in [6.07, 6.45) is 3.07. The molecular weight excluding hydrogens is 272 g/mol. The van der Waals surface area contributed by atoms with Crippen LogP contribution in [-0.2, 0) is 0 Å². The van der Waals surface area contributed by atoms with Gasteiger partial charge in [0.1, 0.15) is 22.7 Å². The zero-order valence-corrected chi connectivity index (χ0v) is 11.5. The maximum absolute atomic E-state index is 7.68. The van der Waals surface area contributed by atoms with Crippen molar-refractivity contribution in [1.82, 2.24) is 19.9 Å². The maximum Gasteiger partial charge on any atom is 0.181 e. The second kappa shape index (κ2) is 4.93. The topological polar surface area (TPSA) is 104 Å². The molecule has 0 saturated carbocycles. The maximum atomic E-state index is 7.68. The minimum absolute atomic E-state index is 0.0473. The summed E-state index contributed by atoms with van der Waals surface area (Å²) in [6, 6.07) is 5.71. The number of aryl methyl sites for hydroxylation is 1. The lowest BCUT2D eigenvalue weighted by molar-refractivity contribution is 1.08. The molecule has 4 N–H and O–H groups in total. The number of nitrogens with zero attached hydrogens (tertiary/aromatic N) is 3. The smallest absolute Gasteiger partial charge is 0.181 e. The van der Waals surface area contributed by atoms with Crippen molar-refractivity contribution in [2.45, 2.75) is 16.8 Å². The Morgan fingerprint density at radius 1 is 1.30 bits per heavy atom. The fraction of sp³-hybridized carbons (Fsp3) is 0.0769. The van der Waals surface area contributed by atoms with Gasteiger partial charge in [-0.05, 0) is 12.5 Å². The van der Waals surface area contributed by atoms with Gasteiger partial charge in [0.15, 0.2) is 5.65 Å². The Morgan fingerprint density at radius 3 is 2.95 bits per heavy atom. The van der Waals surface area contributed by atoms with Crippen LogP contribution in [0, 0.1) is 12.3 Å². The number of hydrogen-bond acceptors (Lipinski definition) is 5. The molecule has 0 fully saturated rings. The Hall–Kier alpha value is -2.41. The third-order valence-electron chi connectivity index (χ3n) is 2.89. The molecule has 0 spiro atoms. The van der Waals surface area contributed by atoms with Gasteiger partial charge < -0.3 is 10.7 Å². The average molecular weight is 284 g/mol. The van der Waals surface area contributed by atoms with Crippen molar-refractivity contribution < 1.29 is 0 Å². The van der Waals surface area contributed by atoms with E-state index in [4.69, 9.17) is 11.1 Å². The SMILES string of the molecule is Cc1cccc(C(=N)N)c1Sc1ncnc2nc[nH]c12.